The molecular weight excluding hydrogens is 102 g/mol. The Morgan fingerprint density at radius 3 is 2.50 bits per heavy atom. The molecule has 0 saturated heterocycles. The Labute approximate surface area is 39.3 Å². The van der Waals surface area contributed by atoms with Crippen molar-refractivity contribution >= 4 is 11.3 Å². The van der Waals surface area contributed by atoms with Crippen molar-refractivity contribution in [3.63, 3.8) is 0 Å². The van der Waals surface area contributed by atoms with Crippen LogP contribution < -0.4 is 5.14 Å². The van der Waals surface area contributed by atoms with Crippen LogP contribution in [0.4, 0.5) is 0 Å². The molecule has 1 atom stereocenters. The summed E-state index contributed by atoms with van der Waals surface area (Å²) >= 11 is -1.57. The Morgan fingerprint density at radius 1 is 2.00 bits per heavy atom. The lowest BCUT2D eigenvalue weighted by molar-refractivity contribution is 0.372. The second-order valence-corrected chi connectivity index (χ2v) is 1.42. The largest absolute Gasteiger partial charge is 0.279 e. The smallest absolute Gasteiger partial charge is 0.231 e. The Bertz CT molecular complexity index is 55.5. The average Bonchev–Trinajstić information content (AvgIpc) is 1.35. The summed E-state index contributed by atoms with van der Waals surface area (Å²) in [4.78, 5) is 0. The molecule has 0 saturated carbocycles. The maximum Gasteiger partial charge on any atom is 0.231 e. The van der Waals surface area contributed by atoms with E-state index in [0.717, 1.165) is 0 Å². The first-order chi connectivity index (χ1) is 2.77. The molecule has 4 heteroatoms. The van der Waals surface area contributed by atoms with E-state index in [1.165, 1.54) is 0 Å². The standard InChI is InChI=1S/C2H7NO2S/c1-2-5-6(3)4/h2-3H2,1H3. The zero-order valence-electron chi connectivity index (χ0n) is 3.51. The molecule has 0 amide bonds. The summed E-state index contributed by atoms with van der Waals surface area (Å²) in [5.41, 5.74) is 0. The van der Waals surface area contributed by atoms with Crippen molar-refractivity contribution in [3.8, 4) is 0 Å². The molecule has 2 N–H and O–H groups in total. The van der Waals surface area contributed by atoms with Crippen LogP contribution in [0, 0.1) is 0 Å². The van der Waals surface area contributed by atoms with Crippen LogP contribution in [-0.4, -0.2) is 10.8 Å². The predicted molar refractivity (Wildman–Crippen MR) is 24.0 cm³/mol. The topological polar surface area (TPSA) is 52.3 Å². The molecule has 0 radical (unpaired) electrons. The fraction of sp³-hybridized carbons (Fsp3) is 1.00. The van der Waals surface area contributed by atoms with Gasteiger partial charge in [-0.1, -0.05) is 0 Å². The Hall–Kier alpha value is 0.0700. The predicted octanol–water partition coefficient (Wildman–Crippen LogP) is -0.440. The molecule has 6 heavy (non-hydrogen) atoms. The lowest BCUT2D eigenvalue weighted by Crippen LogP contribution is -2.05. The highest BCUT2D eigenvalue weighted by atomic mass is 32.2. The molecule has 38 valence electrons. The highest BCUT2D eigenvalue weighted by Gasteiger charge is 1.79. The Morgan fingerprint density at radius 2 is 2.50 bits per heavy atom. The number of hydrogen-bond donors (Lipinski definition) is 1. The van der Waals surface area contributed by atoms with Gasteiger partial charge in [-0.05, 0) is 6.92 Å². The molecule has 0 aliphatic heterocycles. The van der Waals surface area contributed by atoms with Gasteiger partial charge in [0.05, 0.1) is 6.61 Å². The number of nitrogens with two attached hydrogens (primary N) is 1. The summed E-state index contributed by atoms with van der Waals surface area (Å²) in [6.45, 7) is 2.13. The second kappa shape index (κ2) is 3.27. The summed E-state index contributed by atoms with van der Waals surface area (Å²) in [5, 5.41) is 4.65. The first-order valence-electron chi connectivity index (χ1n) is 1.56. The van der Waals surface area contributed by atoms with Crippen LogP contribution >= 0.6 is 0 Å². The van der Waals surface area contributed by atoms with Crippen molar-refractivity contribution in [1.29, 1.82) is 0 Å². The van der Waals surface area contributed by atoms with Gasteiger partial charge >= 0.3 is 0 Å². The third-order valence-corrected chi connectivity index (χ3v) is 0.702. The molecule has 3 nitrogen and oxygen atoms in total. The number of rotatable bonds is 2. The Kier molecular flexibility index (Phi) is 3.31. The monoisotopic (exact) mass is 109 g/mol. The number of hydrogen-bond acceptors (Lipinski definition) is 2. The van der Waals surface area contributed by atoms with E-state index in [0.29, 0.717) is 6.61 Å². The molecule has 0 bridgehead atoms. The molecule has 0 aromatic carbocycles. The molecule has 0 fully saturated rings. The zero-order chi connectivity index (χ0) is 4.99. The average molecular weight is 109 g/mol. The van der Waals surface area contributed by atoms with Gasteiger partial charge in [0.15, 0.2) is 0 Å². The van der Waals surface area contributed by atoms with Crippen LogP contribution in [0.2, 0.25) is 0 Å². The quantitative estimate of drug-likeness (QED) is 0.522. The van der Waals surface area contributed by atoms with Gasteiger partial charge in [-0.15, -0.1) is 0 Å². The third-order valence-electron chi connectivity index (χ3n) is 0.234. The highest BCUT2D eigenvalue weighted by Crippen LogP contribution is 1.68. The van der Waals surface area contributed by atoms with Crippen LogP contribution in [0.1, 0.15) is 6.92 Å². The summed E-state index contributed by atoms with van der Waals surface area (Å²) in [6, 6.07) is 0. The summed E-state index contributed by atoms with van der Waals surface area (Å²) in [5.74, 6) is 0. The van der Waals surface area contributed by atoms with Crippen LogP contribution in [-0.2, 0) is 15.4 Å². The molecule has 0 rings (SSSR count). The molecule has 0 aliphatic rings. The van der Waals surface area contributed by atoms with Crippen molar-refractivity contribution in [3.05, 3.63) is 0 Å². The van der Waals surface area contributed by atoms with Crippen molar-refractivity contribution in [2.24, 2.45) is 5.14 Å². The normalized spacial score (nSPS) is 14.3. The molecular formula is C2H7NO2S. The minimum atomic E-state index is -1.57. The first-order valence-corrected chi connectivity index (χ1v) is 2.70. The fourth-order valence-corrected chi connectivity index (χ4v) is 0.348. The third kappa shape index (κ3) is 4.07. The van der Waals surface area contributed by atoms with Gasteiger partial charge in [0.2, 0.25) is 11.3 Å². The van der Waals surface area contributed by atoms with E-state index in [2.05, 4.69) is 9.32 Å². The van der Waals surface area contributed by atoms with Crippen molar-refractivity contribution in [2.75, 3.05) is 6.61 Å². The molecule has 0 aromatic rings. The summed E-state index contributed by atoms with van der Waals surface area (Å²) in [6.07, 6.45) is 0. The maximum absolute atomic E-state index is 9.71. The zero-order valence-corrected chi connectivity index (χ0v) is 4.33. The summed E-state index contributed by atoms with van der Waals surface area (Å²) < 4.78 is 14.0. The van der Waals surface area contributed by atoms with Crippen molar-refractivity contribution in [2.45, 2.75) is 6.92 Å². The van der Waals surface area contributed by atoms with Crippen molar-refractivity contribution in [1.82, 2.24) is 0 Å². The van der Waals surface area contributed by atoms with Crippen LogP contribution in [0.3, 0.4) is 0 Å². The second-order valence-electron chi connectivity index (χ2n) is 0.667. The van der Waals surface area contributed by atoms with Gasteiger partial charge in [-0.2, -0.15) is 0 Å². The van der Waals surface area contributed by atoms with E-state index in [1.54, 1.807) is 6.92 Å². The molecule has 1 unspecified atom stereocenters. The van der Waals surface area contributed by atoms with E-state index in [9.17, 15) is 4.21 Å². The maximum atomic E-state index is 9.71. The Balaban J connectivity index is 2.83. The van der Waals surface area contributed by atoms with Crippen LogP contribution in [0.25, 0.3) is 0 Å². The van der Waals surface area contributed by atoms with Crippen LogP contribution in [0.15, 0.2) is 0 Å². The summed E-state index contributed by atoms with van der Waals surface area (Å²) in [7, 11) is 0. The molecule has 0 aliphatic carbocycles. The first kappa shape index (κ1) is 6.07. The van der Waals surface area contributed by atoms with E-state index >= 15 is 0 Å². The van der Waals surface area contributed by atoms with E-state index in [-0.39, 0.29) is 0 Å². The van der Waals surface area contributed by atoms with E-state index < -0.39 is 11.3 Å². The fourth-order valence-electron chi connectivity index (χ4n) is 0.116. The molecule has 0 spiro atoms. The van der Waals surface area contributed by atoms with Gasteiger partial charge in [0.1, 0.15) is 0 Å². The highest BCUT2D eigenvalue weighted by molar-refractivity contribution is 7.77. The van der Waals surface area contributed by atoms with Crippen molar-refractivity contribution < 1.29 is 8.39 Å². The SMILES string of the molecule is CCOS(N)=O. The van der Waals surface area contributed by atoms with Gasteiger partial charge in [-0.3, -0.25) is 4.18 Å². The van der Waals surface area contributed by atoms with Crippen LogP contribution in [0.5, 0.6) is 0 Å². The lowest BCUT2D eigenvalue weighted by Gasteiger charge is -1.86. The van der Waals surface area contributed by atoms with E-state index in [4.69, 9.17) is 0 Å². The minimum Gasteiger partial charge on any atom is -0.279 e. The minimum absolute atomic E-state index is 0.406. The lowest BCUT2D eigenvalue weighted by atomic mass is 10.9. The van der Waals surface area contributed by atoms with Gasteiger partial charge < -0.3 is 0 Å². The van der Waals surface area contributed by atoms with Gasteiger partial charge in [-0.25, -0.2) is 9.35 Å². The van der Waals surface area contributed by atoms with Gasteiger partial charge in [0, 0.05) is 0 Å². The van der Waals surface area contributed by atoms with E-state index in [1.807, 2.05) is 0 Å². The van der Waals surface area contributed by atoms with Gasteiger partial charge in [0.25, 0.3) is 0 Å². The molecule has 0 heterocycles. The molecule has 0 aromatic heterocycles.